The standard InChI is InChI=1S/C16H13N3O2/c17-10-11-5-4-8-13(9-11)16(21)19-14(15(18)20)12-6-2-1-3-7-12/h1-9,14H,(H2,18,20)(H,19,21). The highest BCUT2D eigenvalue weighted by molar-refractivity contribution is 5.97. The van der Waals surface area contributed by atoms with Crippen molar-refractivity contribution in [3.63, 3.8) is 0 Å². The fourth-order valence-corrected chi connectivity index (χ4v) is 1.91. The summed E-state index contributed by atoms with van der Waals surface area (Å²) in [4.78, 5) is 23.7. The fourth-order valence-electron chi connectivity index (χ4n) is 1.91. The number of rotatable bonds is 4. The summed E-state index contributed by atoms with van der Waals surface area (Å²) in [5.74, 6) is -1.11. The van der Waals surface area contributed by atoms with Gasteiger partial charge in [0.05, 0.1) is 11.6 Å². The third-order valence-electron chi connectivity index (χ3n) is 2.95. The smallest absolute Gasteiger partial charge is 0.252 e. The van der Waals surface area contributed by atoms with Crippen molar-refractivity contribution in [3.8, 4) is 6.07 Å². The molecule has 0 radical (unpaired) electrons. The molecule has 1 atom stereocenters. The molecule has 2 rings (SSSR count). The van der Waals surface area contributed by atoms with Crippen molar-refractivity contribution in [2.24, 2.45) is 5.73 Å². The summed E-state index contributed by atoms with van der Waals surface area (Å²) in [7, 11) is 0. The Labute approximate surface area is 122 Å². The predicted molar refractivity (Wildman–Crippen MR) is 77.0 cm³/mol. The van der Waals surface area contributed by atoms with Crippen LogP contribution >= 0.6 is 0 Å². The zero-order valence-corrected chi connectivity index (χ0v) is 11.1. The molecule has 5 heteroatoms. The van der Waals surface area contributed by atoms with Gasteiger partial charge in [-0.15, -0.1) is 0 Å². The van der Waals surface area contributed by atoms with Gasteiger partial charge >= 0.3 is 0 Å². The average Bonchev–Trinajstić information content (AvgIpc) is 2.53. The lowest BCUT2D eigenvalue weighted by Crippen LogP contribution is -2.37. The number of carbonyl (C=O) groups is 2. The molecule has 0 aliphatic carbocycles. The first-order valence-electron chi connectivity index (χ1n) is 6.27. The van der Waals surface area contributed by atoms with E-state index in [2.05, 4.69) is 5.32 Å². The van der Waals surface area contributed by atoms with Crippen LogP contribution in [0.25, 0.3) is 0 Å². The topological polar surface area (TPSA) is 96.0 Å². The fraction of sp³-hybridized carbons (Fsp3) is 0.0625. The molecule has 0 spiro atoms. The second-order valence-electron chi connectivity index (χ2n) is 4.41. The van der Waals surface area contributed by atoms with Crippen LogP contribution in [0.4, 0.5) is 0 Å². The number of nitriles is 1. The largest absolute Gasteiger partial charge is 0.368 e. The van der Waals surface area contributed by atoms with Crippen molar-refractivity contribution in [2.45, 2.75) is 6.04 Å². The van der Waals surface area contributed by atoms with E-state index in [0.29, 0.717) is 16.7 Å². The minimum atomic E-state index is -0.913. The van der Waals surface area contributed by atoms with Gasteiger partial charge in [0, 0.05) is 5.56 Å². The van der Waals surface area contributed by atoms with Crippen LogP contribution in [0.5, 0.6) is 0 Å². The van der Waals surface area contributed by atoms with Crippen LogP contribution in [0.2, 0.25) is 0 Å². The number of carbonyl (C=O) groups excluding carboxylic acids is 2. The minimum Gasteiger partial charge on any atom is -0.368 e. The van der Waals surface area contributed by atoms with Gasteiger partial charge in [0.25, 0.3) is 5.91 Å². The number of primary amides is 1. The molecular weight excluding hydrogens is 266 g/mol. The SMILES string of the molecule is N#Cc1cccc(C(=O)NC(C(N)=O)c2ccccc2)c1. The minimum absolute atomic E-state index is 0.302. The summed E-state index contributed by atoms with van der Waals surface area (Å²) in [6.45, 7) is 0. The van der Waals surface area contributed by atoms with Gasteiger partial charge in [-0.1, -0.05) is 36.4 Å². The first-order chi connectivity index (χ1) is 10.1. The van der Waals surface area contributed by atoms with Crippen LogP contribution in [0.15, 0.2) is 54.6 Å². The summed E-state index contributed by atoms with van der Waals surface area (Å²) in [6.07, 6.45) is 0. The summed E-state index contributed by atoms with van der Waals surface area (Å²) >= 11 is 0. The van der Waals surface area contributed by atoms with Crippen molar-refractivity contribution in [2.75, 3.05) is 0 Å². The van der Waals surface area contributed by atoms with Crippen LogP contribution in [-0.4, -0.2) is 11.8 Å². The second kappa shape index (κ2) is 6.35. The Morgan fingerprint density at radius 3 is 2.43 bits per heavy atom. The molecule has 0 fully saturated rings. The molecule has 2 aromatic rings. The van der Waals surface area contributed by atoms with Crippen LogP contribution in [0, 0.1) is 11.3 Å². The van der Waals surface area contributed by atoms with E-state index in [4.69, 9.17) is 11.0 Å². The van der Waals surface area contributed by atoms with E-state index in [1.807, 2.05) is 6.07 Å². The van der Waals surface area contributed by atoms with Crippen molar-refractivity contribution in [1.29, 1.82) is 5.26 Å². The molecule has 0 aliphatic rings. The lowest BCUT2D eigenvalue weighted by molar-refractivity contribution is -0.120. The lowest BCUT2D eigenvalue weighted by Gasteiger charge is -2.15. The van der Waals surface area contributed by atoms with Gasteiger partial charge in [-0.3, -0.25) is 9.59 Å². The molecule has 1 unspecified atom stereocenters. The lowest BCUT2D eigenvalue weighted by atomic mass is 10.1. The van der Waals surface area contributed by atoms with Gasteiger partial charge in [0.15, 0.2) is 0 Å². The maximum atomic E-state index is 12.2. The summed E-state index contributed by atoms with van der Waals surface area (Å²) in [5, 5.41) is 11.4. The first-order valence-corrected chi connectivity index (χ1v) is 6.27. The number of benzene rings is 2. The van der Waals surface area contributed by atoms with Gasteiger partial charge < -0.3 is 11.1 Å². The molecule has 0 saturated carbocycles. The van der Waals surface area contributed by atoms with E-state index < -0.39 is 17.9 Å². The highest BCUT2D eigenvalue weighted by Crippen LogP contribution is 2.13. The van der Waals surface area contributed by atoms with Gasteiger partial charge in [-0.05, 0) is 23.8 Å². The molecule has 2 amide bonds. The molecule has 5 nitrogen and oxygen atoms in total. The van der Waals surface area contributed by atoms with Crippen molar-refractivity contribution in [3.05, 3.63) is 71.3 Å². The van der Waals surface area contributed by atoms with Crippen LogP contribution in [0.3, 0.4) is 0 Å². The molecule has 104 valence electrons. The van der Waals surface area contributed by atoms with Crippen LogP contribution < -0.4 is 11.1 Å². The number of hydrogen-bond donors (Lipinski definition) is 2. The van der Waals surface area contributed by atoms with Crippen molar-refractivity contribution in [1.82, 2.24) is 5.32 Å². The van der Waals surface area contributed by atoms with Crippen molar-refractivity contribution < 1.29 is 9.59 Å². The van der Waals surface area contributed by atoms with Crippen LogP contribution in [-0.2, 0) is 4.79 Å². The highest BCUT2D eigenvalue weighted by atomic mass is 16.2. The number of amides is 2. The Hall–Kier alpha value is -3.13. The molecule has 0 bridgehead atoms. The number of hydrogen-bond acceptors (Lipinski definition) is 3. The molecule has 0 heterocycles. The summed E-state index contributed by atoms with van der Waals surface area (Å²) < 4.78 is 0. The Morgan fingerprint density at radius 1 is 1.10 bits per heavy atom. The number of nitrogens with zero attached hydrogens (tertiary/aromatic N) is 1. The molecule has 3 N–H and O–H groups in total. The molecule has 21 heavy (non-hydrogen) atoms. The molecule has 0 aromatic heterocycles. The highest BCUT2D eigenvalue weighted by Gasteiger charge is 2.20. The zero-order chi connectivity index (χ0) is 15.2. The van der Waals surface area contributed by atoms with E-state index in [-0.39, 0.29) is 0 Å². The maximum Gasteiger partial charge on any atom is 0.252 e. The quantitative estimate of drug-likeness (QED) is 0.888. The van der Waals surface area contributed by atoms with E-state index in [0.717, 1.165) is 0 Å². The normalized spacial score (nSPS) is 11.2. The molecule has 2 aromatic carbocycles. The van der Waals surface area contributed by atoms with Crippen LogP contribution in [0.1, 0.15) is 27.5 Å². The van der Waals surface area contributed by atoms with E-state index in [1.165, 1.54) is 6.07 Å². The predicted octanol–water partition coefficient (Wildman–Crippen LogP) is 1.51. The van der Waals surface area contributed by atoms with Gasteiger partial charge in [-0.2, -0.15) is 5.26 Å². The van der Waals surface area contributed by atoms with Gasteiger partial charge in [0.1, 0.15) is 6.04 Å². The Bertz CT molecular complexity index is 705. The van der Waals surface area contributed by atoms with E-state index >= 15 is 0 Å². The number of nitrogens with two attached hydrogens (primary N) is 1. The average molecular weight is 279 g/mol. The molecular formula is C16H13N3O2. The molecule has 0 saturated heterocycles. The monoisotopic (exact) mass is 279 g/mol. The van der Waals surface area contributed by atoms with E-state index in [1.54, 1.807) is 48.5 Å². The molecule has 0 aliphatic heterocycles. The van der Waals surface area contributed by atoms with Gasteiger partial charge in [-0.25, -0.2) is 0 Å². The Kier molecular flexibility index (Phi) is 4.32. The van der Waals surface area contributed by atoms with E-state index in [9.17, 15) is 9.59 Å². The number of nitrogens with one attached hydrogen (secondary N) is 1. The summed E-state index contributed by atoms with van der Waals surface area (Å²) in [6, 6.07) is 16.0. The maximum absolute atomic E-state index is 12.2. The zero-order valence-electron chi connectivity index (χ0n) is 11.1. The second-order valence-corrected chi connectivity index (χ2v) is 4.41. The first kappa shape index (κ1) is 14.3. The third kappa shape index (κ3) is 3.45. The summed E-state index contributed by atoms with van der Waals surface area (Å²) in [5.41, 5.74) is 6.63. The third-order valence-corrected chi connectivity index (χ3v) is 2.95. The van der Waals surface area contributed by atoms with Gasteiger partial charge in [0.2, 0.25) is 5.91 Å². The van der Waals surface area contributed by atoms with Crippen molar-refractivity contribution >= 4 is 11.8 Å². The Balaban J connectivity index is 2.23. The Morgan fingerprint density at radius 2 is 1.81 bits per heavy atom.